The van der Waals surface area contributed by atoms with Crippen LogP contribution in [-0.2, 0) is 20.9 Å². The number of rotatable bonds is 4. The van der Waals surface area contributed by atoms with Crippen LogP contribution in [0, 0.1) is 11.3 Å². The fraction of sp³-hybridized carbons (Fsp3) is 0.619. The lowest BCUT2D eigenvalue weighted by Crippen LogP contribution is -2.37. The summed E-state index contributed by atoms with van der Waals surface area (Å²) >= 11 is 0. The van der Waals surface area contributed by atoms with Crippen LogP contribution in [0.3, 0.4) is 0 Å². The van der Waals surface area contributed by atoms with Gasteiger partial charge in [0.2, 0.25) is 5.91 Å². The van der Waals surface area contributed by atoms with Gasteiger partial charge in [0.15, 0.2) is 0 Å². The van der Waals surface area contributed by atoms with Crippen molar-refractivity contribution in [1.29, 1.82) is 0 Å². The maximum Gasteiger partial charge on any atom is 0.490 e. The van der Waals surface area contributed by atoms with Crippen molar-refractivity contribution < 1.29 is 50.9 Å². The SMILES string of the molecule is CC(C)CN1CCC2(CCN(Cc3ccccn3)C2=O)C1.O=C(O)C(F)(F)F.O=C(O)C(F)(F)F. The van der Waals surface area contributed by atoms with Gasteiger partial charge in [0.1, 0.15) is 0 Å². The number of amides is 1. The molecule has 2 aliphatic rings. The van der Waals surface area contributed by atoms with Crippen molar-refractivity contribution in [2.45, 2.75) is 45.6 Å². The van der Waals surface area contributed by atoms with Gasteiger partial charge < -0.3 is 20.0 Å². The van der Waals surface area contributed by atoms with Crippen LogP contribution in [-0.4, -0.2) is 81.4 Å². The molecule has 0 bridgehead atoms. The molecule has 1 spiro atoms. The molecule has 0 saturated carbocycles. The highest BCUT2D eigenvalue weighted by Gasteiger charge is 2.50. The van der Waals surface area contributed by atoms with Crippen LogP contribution in [0.4, 0.5) is 26.3 Å². The molecule has 2 saturated heterocycles. The van der Waals surface area contributed by atoms with E-state index in [4.69, 9.17) is 19.8 Å². The molecule has 1 atom stereocenters. The molecule has 35 heavy (non-hydrogen) atoms. The number of aromatic nitrogens is 1. The van der Waals surface area contributed by atoms with Gasteiger partial charge in [-0.15, -0.1) is 0 Å². The lowest BCUT2D eigenvalue weighted by atomic mass is 9.85. The van der Waals surface area contributed by atoms with Crippen LogP contribution in [0.2, 0.25) is 0 Å². The van der Waals surface area contributed by atoms with E-state index < -0.39 is 24.3 Å². The average Bonchev–Trinajstić information content (AvgIpc) is 3.26. The lowest BCUT2D eigenvalue weighted by molar-refractivity contribution is -0.193. The molecule has 2 fully saturated rings. The van der Waals surface area contributed by atoms with Crippen LogP contribution in [0.15, 0.2) is 24.4 Å². The molecule has 14 heteroatoms. The van der Waals surface area contributed by atoms with E-state index in [0.717, 1.165) is 44.7 Å². The number of halogens is 6. The third-order valence-corrected chi connectivity index (χ3v) is 5.22. The summed E-state index contributed by atoms with van der Waals surface area (Å²) in [7, 11) is 0. The summed E-state index contributed by atoms with van der Waals surface area (Å²) in [5, 5.41) is 14.2. The summed E-state index contributed by atoms with van der Waals surface area (Å²) in [4.78, 5) is 39.4. The van der Waals surface area contributed by atoms with Crippen molar-refractivity contribution >= 4 is 17.8 Å². The molecular formula is C21H27F6N3O5. The standard InChI is InChI=1S/C17H25N3O.2C2HF3O2/c1-14(2)11-19-9-6-17(13-19)7-10-20(16(17)21)12-15-5-3-4-8-18-15;2*3-2(4,5)1(6)7/h3-5,8,14H,6-7,9-13H2,1-2H3;2*(H,6,7). The van der Waals surface area contributed by atoms with Gasteiger partial charge in [-0.3, -0.25) is 9.78 Å². The minimum Gasteiger partial charge on any atom is -0.475 e. The predicted molar refractivity (Wildman–Crippen MR) is 110 cm³/mol. The normalized spacial score (nSPS) is 20.4. The maximum atomic E-state index is 12.8. The predicted octanol–water partition coefficient (Wildman–Crippen LogP) is 3.43. The number of hydrogen-bond donors (Lipinski definition) is 2. The largest absolute Gasteiger partial charge is 0.490 e. The first-order valence-electron chi connectivity index (χ1n) is 10.5. The molecule has 0 radical (unpaired) electrons. The highest BCUT2D eigenvalue weighted by atomic mass is 19.4. The molecule has 1 unspecified atom stereocenters. The number of carboxylic acids is 2. The molecule has 8 nitrogen and oxygen atoms in total. The van der Waals surface area contributed by atoms with Gasteiger partial charge in [-0.1, -0.05) is 19.9 Å². The van der Waals surface area contributed by atoms with Crippen molar-refractivity contribution in [3.63, 3.8) is 0 Å². The highest BCUT2D eigenvalue weighted by Crippen LogP contribution is 2.41. The first-order valence-corrected chi connectivity index (χ1v) is 10.5. The fourth-order valence-electron chi connectivity index (χ4n) is 3.74. The van der Waals surface area contributed by atoms with Crippen LogP contribution < -0.4 is 0 Å². The zero-order chi connectivity index (χ0) is 27.0. The molecule has 1 aromatic heterocycles. The molecule has 2 N–H and O–H groups in total. The zero-order valence-corrected chi connectivity index (χ0v) is 19.1. The Morgan fingerprint density at radius 2 is 1.54 bits per heavy atom. The molecular weight excluding hydrogens is 488 g/mol. The van der Waals surface area contributed by atoms with E-state index in [-0.39, 0.29) is 5.41 Å². The number of nitrogens with zero attached hydrogens (tertiary/aromatic N) is 3. The van der Waals surface area contributed by atoms with Gasteiger partial charge in [-0.05, 0) is 37.4 Å². The van der Waals surface area contributed by atoms with Crippen molar-refractivity contribution in [2.75, 3.05) is 26.2 Å². The second kappa shape index (κ2) is 12.2. The van der Waals surface area contributed by atoms with E-state index in [9.17, 15) is 31.1 Å². The summed E-state index contributed by atoms with van der Waals surface area (Å²) in [6, 6.07) is 5.90. The maximum absolute atomic E-state index is 12.8. The Balaban J connectivity index is 0.000000362. The minimum absolute atomic E-state index is 0.107. The number of carbonyl (C=O) groups excluding carboxylic acids is 1. The first kappa shape index (κ1) is 30.1. The minimum atomic E-state index is -5.08. The molecule has 3 heterocycles. The Bertz CT molecular complexity index is 839. The Morgan fingerprint density at radius 3 is 1.97 bits per heavy atom. The summed E-state index contributed by atoms with van der Waals surface area (Å²) in [6.45, 7) is 9.15. The van der Waals surface area contributed by atoms with Gasteiger partial charge in [-0.2, -0.15) is 26.3 Å². The molecule has 0 aliphatic carbocycles. The number of carbonyl (C=O) groups is 3. The number of aliphatic carboxylic acids is 2. The van der Waals surface area contributed by atoms with Crippen LogP contribution >= 0.6 is 0 Å². The lowest BCUT2D eigenvalue weighted by Gasteiger charge is -2.24. The summed E-state index contributed by atoms with van der Waals surface area (Å²) in [5.74, 6) is -4.50. The van der Waals surface area contributed by atoms with Crippen molar-refractivity contribution in [2.24, 2.45) is 11.3 Å². The molecule has 1 aromatic rings. The van der Waals surface area contributed by atoms with Gasteiger partial charge >= 0.3 is 24.3 Å². The van der Waals surface area contributed by atoms with Gasteiger partial charge in [0.05, 0.1) is 17.7 Å². The summed E-state index contributed by atoms with van der Waals surface area (Å²) in [6.07, 6.45) is -6.34. The number of likely N-dealkylation sites (tertiary alicyclic amines) is 2. The smallest absolute Gasteiger partial charge is 0.475 e. The average molecular weight is 515 g/mol. The quantitative estimate of drug-likeness (QED) is 0.591. The Hall–Kier alpha value is -2.90. The fourth-order valence-corrected chi connectivity index (χ4v) is 3.74. The number of carboxylic acid groups (broad SMARTS) is 2. The van der Waals surface area contributed by atoms with E-state index in [2.05, 4.69) is 23.7 Å². The van der Waals surface area contributed by atoms with E-state index in [1.807, 2.05) is 23.1 Å². The Morgan fingerprint density at radius 1 is 1.03 bits per heavy atom. The van der Waals surface area contributed by atoms with Crippen molar-refractivity contribution in [3.05, 3.63) is 30.1 Å². The summed E-state index contributed by atoms with van der Waals surface area (Å²) < 4.78 is 63.5. The first-order chi connectivity index (χ1) is 16.0. The second-order valence-electron chi connectivity index (χ2n) is 8.56. The van der Waals surface area contributed by atoms with Crippen molar-refractivity contribution in [1.82, 2.24) is 14.8 Å². The van der Waals surface area contributed by atoms with E-state index in [1.165, 1.54) is 0 Å². The molecule has 2 aliphatic heterocycles. The third-order valence-electron chi connectivity index (χ3n) is 5.22. The van der Waals surface area contributed by atoms with Gasteiger partial charge in [0, 0.05) is 25.8 Å². The molecule has 0 aromatic carbocycles. The van der Waals surface area contributed by atoms with E-state index in [1.54, 1.807) is 6.20 Å². The molecule has 3 rings (SSSR count). The Kier molecular flexibility index (Phi) is 10.5. The topological polar surface area (TPSA) is 111 Å². The van der Waals surface area contributed by atoms with Gasteiger partial charge in [-0.25, -0.2) is 9.59 Å². The number of alkyl halides is 6. The third kappa shape index (κ3) is 9.70. The number of hydrogen-bond acceptors (Lipinski definition) is 5. The van der Waals surface area contributed by atoms with Crippen molar-refractivity contribution in [3.8, 4) is 0 Å². The number of pyridine rings is 1. The zero-order valence-electron chi connectivity index (χ0n) is 19.1. The summed E-state index contributed by atoms with van der Waals surface area (Å²) in [5.41, 5.74) is 0.879. The van der Waals surface area contributed by atoms with Crippen LogP contribution in [0.5, 0.6) is 0 Å². The highest BCUT2D eigenvalue weighted by molar-refractivity contribution is 5.85. The van der Waals surface area contributed by atoms with Crippen LogP contribution in [0.1, 0.15) is 32.4 Å². The van der Waals surface area contributed by atoms with E-state index in [0.29, 0.717) is 18.4 Å². The molecule has 198 valence electrons. The van der Waals surface area contributed by atoms with Crippen LogP contribution in [0.25, 0.3) is 0 Å². The molecule has 1 amide bonds. The van der Waals surface area contributed by atoms with E-state index >= 15 is 0 Å². The van der Waals surface area contributed by atoms with Gasteiger partial charge in [0.25, 0.3) is 0 Å². The Labute approximate surface area is 197 Å². The second-order valence-corrected chi connectivity index (χ2v) is 8.56. The monoisotopic (exact) mass is 515 g/mol.